The summed E-state index contributed by atoms with van der Waals surface area (Å²) in [4.78, 5) is 14.8. The van der Waals surface area contributed by atoms with Crippen molar-refractivity contribution < 1.29 is 18.1 Å². The van der Waals surface area contributed by atoms with Crippen molar-refractivity contribution in [2.75, 3.05) is 0 Å². The van der Waals surface area contributed by atoms with Gasteiger partial charge in [-0.3, -0.25) is 19.3 Å². The van der Waals surface area contributed by atoms with Crippen LogP contribution < -0.4 is 5.73 Å². The van der Waals surface area contributed by atoms with Crippen molar-refractivity contribution in [2.24, 2.45) is 16.6 Å². The molecular weight excluding hydrogens is 361 g/mol. The highest BCUT2D eigenvalue weighted by Gasteiger charge is 2.44. The van der Waals surface area contributed by atoms with E-state index in [0.717, 1.165) is 37.5 Å². The van der Waals surface area contributed by atoms with Gasteiger partial charge in [-0.25, -0.2) is 4.39 Å². The Balaban J connectivity index is 2.55. The minimum absolute atomic E-state index is 0.0183. The molecule has 1 aromatic rings. The fourth-order valence-corrected chi connectivity index (χ4v) is 3.86. The number of halogens is 1. The van der Waals surface area contributed by atoms with Crippen LogP contribution in [-0.4, -0.2) is 24.3 Å². The molecule has 1 aliphatic rings. The van der Waals surface area contributed by atoms with Crippen LogP contribution in [0.25, 0.3) is 0 Å². The zero-order chi connectivity index (χ0) is 19.7. The number of rotatable bonds is 7. The van der Waals surface area contributed by atoms with E-state index in [4.69, 9.17) is 5.73 Å². The second-order valence-corrected chi connectivity index (χ2v) is 8.33. The molecule has 3 atom stereocenters. The number of hydrogen-bond donors (Lipinski definition) is 1. The summed E-state index contributed by atoms with van der Waals surface area (Å²) >= 11 is -2.50. The molecular formula is C17H23FN3O4S-. The van der Waals surface area contributed by atoms with E-state index in [0.29, 0.717) is 0 Å². The highest BCUT2D eigenvalue weighted by atomic mass is 32.2. The SMILES string of the molecule is CC[C@](C)(N=C(N)[C@@](C)(C1CCC1)S(=O)[O-])c1cc([N+](=O)[O-])ccc1F. The largest absolute Gasteiger partial charge is 0.772 e. The molecule has 0 radical (unpaired) electrons. The number of nitro groups is 1. The zero-order valence-corrected chi connectivity index (χ0v) is 15.8. The molecule has 0 aromatic heterocycles. The molecule has 9 heteroatoms. The van der Waals surface area contributed by atoms with Gasteiger partial charge in [0.2, 0.25) is 0 Å². The van der Waals surface area contributed by atoms with Gasteiger partial charge in [0.25, 0.3) is 5.69 Å². The summed E-state index contributed by atoms with van der Waals surface area (Å²) in [6.45, 7) is 4.86. The molecule has 0 amide bonds. The number of amidine groups is 1. The van der Waals surface area contributed by atoms with E-state index in [1.807, 2.05) is 0 Å². The first-order chi connectivity index (χ1) is 12.1. The summed E-state index contributed by atoms with van der Waals surface area (Å²) in [5.41, 5.74) is 4.65. The van der Waals surface area contributed by atoms with Gasteiger partial charge in [-0.2, -0.15) is 0 Å². The first-order valence-corrected chi connectivity index (χ1v) is 9.53. The van der Waals surface area contributed by atoms with Crippen molar-refractivity contribution in [3.63, 3.8) is 0 Å². The van der Waals surface area contributed by atoms with Crippen molar-refractivity contribution in [2.45, 2.75) is 56.7 Å². The van der Waals surface area contributed by atoms with Crippen LogP contribution in [0.4, 0.5) is 10.1 Å². The normalized spacial score (nSPS) is 21.3. The summed E-state index contributed by atoms with van der Waals surface area (Å²) in [5.74, 6) is -0.878. The first kappa shape index (κ1) is 20.4. The molecule has 2 rings (SSSR count). The van der Waals surface area contributed by atoms with Gasteiger partial charge in [-0.15, -0.1) is 0 Å². The average molecular weight is 384 g/mol. The van der Waals surface area contributed by atoms with E-state index >= 15 is 0 Å². The molecule has 7 nitrogen and oxygen atoms in total. The average Bonchev–Trinajstić information content (AvgIpc) is 2.52. The van der Waals surface area contributed by atoms with Crippen LogP contribution in [0.15, 0.2) is 23.2 Å². The van der Waals surface area contributed by atoms with Crippen LogP contribution in [0.3, 0.4) is 0 Å². The zero-order valence-electron chi connectivity index (χ0n) is 15.0. The number of hydrogen-bond acceptors (Lipinski definition) is 5. The number of benzene rings is 1. The van der Waals surface area contributed by atoms with Crippen LogP contribution in [0, 0.1) is 21.8 Å². The van der Waals surface area contributed by atoms with Gasteiger partial charge >= 0.3 is 0 Å². The van der Waals surface area contributed by atoms with E-state index in [-0.39, 0.29) is 29.4 Å². The van der Waals surface area contributed by atoms with Crippen LogP contribution >= 0.6 is 0 Å². The lowest BCUT2D eigenvalue weighted by Gasteiger charge is -2.44. The molecule has 0 spiro atoms. The fourth-order valence-electron chi connectivity index (χ4n) is 3.14. The Labute approximate surface area is 154 Å². The predicted molar refractivity (Wildman–Crippen MR) is 97.0 cm³/mol. The maximum Gasteiger partial charge on any atom is 0.270 e. The van der Waals surface area contributed by atoms with E-state index in [1.165, 1.54) is 6.92 Å². The van der Waals surface area contributed by atoms with Gasteiger partial charge in [0.1, 0.15) is 11.7 Å². The Morgan fingerprint density at radius 3 is 2.50 bits per heavy atom. The van der Waals surface area contributed by atoms with Crippen molar-refractivity contribution in [1.29, 1.82) is 0 Å². The molecule has 1 aromatic carbocycles. The third kappa shape index (κ3) is 3.50. The highest BCUT2D eigenvalue weighted by Crippen LogP contribution is 2.41. The summed E-state index contributed by atoms with van der Waals surface area (Å²) in [6, 6.07) is 3.22. The summed E-state index contributed by atoms with van der Waals surface area (Å²) < 4.78 is 36.8. The molecule has 1 fully saturated rings. The molecule has 26 heavy (non-hydrogen) atoms. The molecule has 0 bridgehead atoms. The standard InChI is InChI=1S/C17H24FN3O4S/c1-4-16(2,13-10-12(21(22)23)8-9-14(13)18)20-15(19)17(3,26(24)25)11-6-5-7-11/h8-11H,4-7H2,1-3H3,(H2,19,20)(H,24,25)/p-1/t16-,17+/m0/s1. The molecule has 0 heterocycles. The van der Waals surface area contributed by atoms with Gasteiger partial charge in [0.05, 0.1) is 15.2 Å². The van der Waals surface area contributed by atoms with Crippen molar-refractivity contribution in [3.8, 4) is 0 Å². The van der Waals surface area contributed by atoms with Gasteiger partial charge in [0, 0.05) is 17.7 Å². The lowest BCUT2D eigenvalue weighted by atomic mass is 9.75. The van der Waals surface area contributed by atoms with Gasteiger partial charge in [0.15, 0.2) is 0 Å². The lowest BCUT2D eigenvalue weighted by Crippen LogP contribution is -2.53. The molecule has 1 aliphatic carbocycles. The van der Waals surface area contributed by atoms with Gasteiger partial charge in [-0.05, 0) is 56.2 Å². The first-order valence-electron chi connectivity index (χ1n) is 8.45. The van der Waals surface area contributed by atoms with E-state index in [9.17, 15) is 23.3 Å². The molecule has 1 unspecified atom stereocenters. The van der Waals surface area contributed by atoms with Crippen LogP contribution in [0.1, 0.15) is 52.0 Å². The number of nitrogens with two attached hydrogens (primary N) is 1. The third-order valence-corrected chi connectivity index (χ3v) is 6.77. The summed E-state index contributed by atoms with van der Waals surface area (Å²) in [5, 5.41) is 11.0. The number of nitro benzene ring substituents is 1. The summed E-state index contributed by atoms with van der Waals surface area (Å²) in [6.07, 6.45) is 2.68. The number of aliphatic imine (C=N–C) groups is 1. The topological polar surface area (TPSA) is 122 Å². The van der Waals surface area contributed by atoms with E-state index in [1.54, 1.807) is 13.8 Å². The summed E-state index contributed by atoms with van der Waals surface area (Å²) in [7, 11) is 0. The Morgan fingerprint density at radius 2 is 2.08 bits per heavy atom. The number of nitrogens with zero attached hydrogens (tertiary/aromatic N) is 2. The maximum atomic E-state index is 14.4. The monoisotopic (exact) mass is 384 g/mol. The van der Waals surface area contributed by atoms with Gasteiger partial charge in [-0.1, -0.05) is 13.3 Å². The Hall–Kier alpha value is -1.87. The Kier molecular flexibility index (Phi) is 5.82. The third-order valence-electron chi connectivity index (χ3n) is 5.54. The molecule has 0 aliphatic heterocycles. The molecule has 2 N–H and O–H groups in total. The Morgan fingerprint density at radius 1 is 1.46 bits per heavy atom. The van der Waals surface area contributed by atoms with Crippen LogP contribution in [0.2, 0.25) is 0 Å². The molecule has 144 valence electrons. The highest BCUT2D eigenvalue weighted by molar-refractivity contribution is 7.81. The maximum absolute atomic E-state index is 14.4. The predicted octanol–water partition coefficient (Wildman–Crippen LogP) is 3.15. The van der Waals surface area contributed by atoms with Crippen molar-refractivity contribution >= 4 is 22.6 Å². The Bertz CT molecular complexity index is 768. The lowest BCUT2D eigenvalue weighted by molar-refractivity contribution is -0.385. The quantitative estimate of drug-likeness (QED) is 0.254. The fraction of sp³-hybridized carbons (Fsp3) is 0.588. The smallest absolute Gasteiger partial charge is 0.270 e. The molecule has 0 saturated heterocycles. The van der Waals surface area contributed by atoms with Crippen LogP contribution in [0.5, 0.6) is 0 Å². The van der Waals surface area contributed by atoms with E-state index in [2.05, 4.69) is 4.99 Å². The molecule has 1 saturated carbocycles. The van der Waals surface area contributed by atoms with Crippen molar-refractivity contribution in [3.05, 3.63) is 39.7 Å². The minimum atomic E-state index is -2.50. The van der Waals surface area contributed by atoms with E-state index < -0.39 is 32.1 Å². The second kappa shape index (κ2) is 7.40. The second-order valence-electron chi connectivity index (χ2n) is 7.02. The number of non-ortho nitro benzene ring substituents is 1. The van der Waals surface area contributed by atoms with Gasteiger partial charge < -0.3 is 10.3 Å². The van der Waals surface area contributed by atoms with Crippen LogP contribution in [-0.2, 0) is 16.6 Å². The minimum Gasteiger partial charge on any atom is -0.772 e. The van der Waals surface area contributed by atoms with Crippen molar-refractivity contribution in [1.82, 2.24) is 0 Å².